The molecule has 3 aliphatic heterocycles. The van der Waals surface area contributed by atoms with Crippen LogP contribution < -0.4 is 10.2 Å². The number of nitrogens with zero attached hydrogens (tertiary/aromatic N) is 2. The Hall–Kier alpha value is -4.13. The molecule has 6 nitrogen and oxygen atoms in total. The zero-order valence-electron chi connectivity index (χ0n) is 18.2. The van der Waals surface area contributed by atoms with E-state index in [1.54, 1.807) is 30.3 Å². The van der Waals surface area contributed by atoms with Crippen molar-refractivity contribution >= 4 is 34.9 Å². The van der Waals surface area contributed by atoms with Crippen molar-refractivity contribution in [2.24, 2.45) is 5.92 Å². The monoisotopic (exact) mass is 453 g/mol. The van der Waals surface area contributed by atoms with Crippen molar-refractivity contribution < 1.29 is 18.8 Å². The smallest absolute Gasteiger partial charge is 0.238 e. The number of amides is 1. The molecule has 1 fully saturated rings. The van der Waals surface area contributed by atoms with Crippen molar-refractivity contribution in [1.82, 2.24) is 4.98 Å². The van der Waals surface area contributed by atoms with Gasteiger partial charge in [0, 0.05) is 34.9 Å². The number of hydrogen-bond donors (Lipinski definition) is 1. The average Bonchev–Trinajstić information content (AvgIpc) is 3.32. The van der Waals surface area contributed by atoms with Gasteiger partial charge in [0.2, 0.25) is 5.91 Å². The molecular weight excluding hydrogens is 433 g/mol. The highest BCUT2D eigenvalue weighted by Gasteiger charge is 2.69. The van der Waals surface area contributed by atoms with Gasteiger partial charge in [-0.2, -0.15) is 0 Å². The minimum absolute atomic E-state index is 0.239. The van der Waals surface area contributed by atoms with E-state index in [0.717, 1.165) is 0 Å². The predicted octanol–water partition coefficient (Wildman–Crippen LogP) is 3.78. The number of carbonyl (C=O) groups excluding carboxylic acids is 3. The number of pyridine rings is 1. The summed E-state index contributed by atoms with van der Waals surface area (Å²) in [6, 6.07) is 13.3. The molecule has 168 valence electrons. The maximum Gasteiger partial charge on any atom is 0.238 e. The number of ketones is 2. The molecule has 0 unspecified atom stereocenters. The fourth-order valence-electron chi connectivity index (χ4n) is 6.00. The maximum absolute atomic E-state index is 14.1. The van der Waals surface area contributed by atoms with E-state index in [1.807, 2.05) is 29.2 Å². The largest absolute Gasteiger partial charge is 0.352 e. The fourth-order valence-corrected chi connectivity index (χ4v) is 6.00. The molecule has 34 heavy (non-hydrogen) atoms. The quantitative estimate of drug-likeness (QED) is 0.611. The first-order valence-corrected chi connectivity index (χ1v) is 11.1. The van der Waals surface area contributed by atoms with E-state index in [-0.39, 0.29) is 17.5 Å². The number of anilines is 2. The molecular formula is C27H20FN3O3. The van der Waals surface area contributed by atoms with Crippen molar-refractivity contribution in [2.45, 2.75) is 24.4 Å². The van der Waals surface area contributed by atoms with E-state index in [9.17, 15) is 18.8 Å². The van der Waals surface area contributed by atoms with E-state index in [2.05, 4.69) is 10.3 Å². The van der Waals surface area contributed by atoms with Crippen LogP contribution in [0.5, 0.6) is 0 Å². The molecule has 1 saturated heterocycles. The van der Waals surface area contributed by atoms with Gasteiger partial charge in [-0.3, -0.25) is 19.4 Å². The number of aromatic nitrogens is 1. The second-order valence-corrected chi connectivity index (χ2v) is 8.92. The first-order valence-electron chi connectivity index (χ1n) is 11.1. The number of benzene rings is 2. The van der Waals surface area contributed by atoms with E-state index in [4.69, 9.17) is 0 Å². The topological polar surface area (TPSA) is 79.4 Å². The molecule has 3 aliphatic rings. The summed E-state index contributed by atoms with van der Waals surface area (Å²) in [7, 11) is 0. The molecule has 1 amide bonds. The number of carbonyl (C=O) groups is 3. The van der Waals surface area contributed by atoms with Gasteiger partial charge in [-0.1, -0.05) is 30.4 Å². The van der Waals surface area contributed by atoms with Crippen molar-refractivity contribution in [1.29, 1.82) is 0 Å². The van der Waals surface area contributed by atoms with Crippen molar-refractivity contribution in [3.63, 3.8) is 0 Å². The van der Waals surface area contributed by atoms with Gasteiger partial charge in [0.15, 0.2) is 11.6 Å². The normalized spacial score (nSPS) is 26.1. The highest BCUT2D eigenvalue weighted by Crippen LogP contribution is 2.57. The lowest BCUT2D eigenvalue weighted by molar-refractivity contribution is -0.122. The van der Waals surface area contributed by atoms with Crippen LogP contribution in [0.1, 0.15) is 28.4 Å². The van der Waals surface area contributed by atoms with Gasteiger partial charge in [-0.15, -0.1) is 0 Å². The van der Waals surface area contributed by atoms with Crippen LogP contribution in [0.15, 0.2) is 73.1 Å². The summed E-state index contributed by atoms with van der Waals surface area (Å²) in [5.41, 5.74) is 1.57. The number of Topliss-reactive ketones (excluding diaryl/α,β-unsaturated/α-hetero) is 2. The molecule has 1 spiro atoms. The number of hydrogen-bond acceptors (Lipinski definition) is 5. The van der Waals surface area contributed by atoms with E-state index in [1.165, 1.54) is 31.5 Å². The third kappa shape index (κ3) is 2.55. The summed E-state index contributed by atoms with van der Waals surface area (Å²) < 4.78 is 14.0. The number of fused-ring (bicyclic) bond motifs is 6. The lowest BCUT2D eigenvalue weighted by Gasteiger charge is -2.37. The summed E-state index contributed by atoms with van der Waals surface area (Å²) >= 11 is 0. The molecule has 3 aromatic rings. The zero-order valence-corrected chi connectivity index (χ0v) is 18.2. The molecule has 0 radical (unpaired) electrons. The van der Waals surface area contributed by atoms with Gasteiger partial charge in [-0.25, -0.2) is 4.39 Å². The van der Waals surface area contributed by atoms with E-state index in [0.29, 0.717) is 28.1 Å². The Labute approximate surface area is 195 Å². The third-order valence-corrected chi connectivity index (χ3v) is 7.26. The summed E-state index contributed by atoms with van der Waals surface area (Å²) in [5.74, 6) is -2.27. The standard InChI is InChI=1S/C27H20FN3O3/c1-15(32)24-23(25(33)16-10-12-29-13-11-16)27(19-4-2-3-5-20(19)30-26(27)34)22-9-6-17-14-18(28)7-8-21(17)31(22)24/h2-14,22-24H,1H3,(H,30,34)/t22-,23+,24+,27-/m1/s1. The van der Waals surface area contributed by atoms with Crippen LogP contribution in [0.3, 0.4) is 0 Å². The summed E-state index contributed by atoms with van der Waals surface area (Å²) in [4.78, 5) is 47.1. The average molecular weight is 453 g/mol. The molecule has 1 N–H and O–H groups in total. The predicted molar refractivity (Wildman–Crippen MR) is 125 cm³/mol. The summed E-state index contributed by atoms with van der Waals surface area (Å²) in [6.45, 7) is 1.44. The molecule has 0 aliphatic carbocycles. The van der Waals surface area contributed by atoms with Crippen LogP contribution in [-0.4, -0.2) is 34.5 Å². The minimum atomic E-state index is -1.34. The van der Waals surface area contributed by atoms with Crippen LogP contribution in [0.4, 0.5) is 15.8 Å². The van der Waals surface area contributed by atoms with Crippen LogP contribution >= 0.6 is 0 Å². The highest BCUT2D eigenvalue weighted by atomic mass is 19.1. The van der Waals surface area contributed by atoms with Crippen molar-refractivity contribution in [2.75, 3.05) is 10.2 Å². The Balaban J connectivity index is 1.67. The Kier molecular flexibility index (Phi) is 4.33. The van der Waals surface area contributed by atoms with Crippen LogP contribution in [0.25, 0.3) is 6.08 Å². The van der Waals surface area contributed by atoms with Gasteiger partial charge in [0.1, 0.15) is 11.2 Å². The molecule has 4 heterocycles. The lowest BCUT2D eigenvalue weighted by Crippen LogP contribution is -2.51. The van der Waals surface area contributed by atoms with Crippen LogP contribution in [-0.2, 0) is 15.0 Å². The number of halogens is 1. The Morgan fingerprint density at radius 1 is 1.09 bits per heavy atom. The molecule has 0 saturated carbocycles. The second-order valence-electron chi connectivity index (χ2n) is 8.92. The maximum atomic E-state index is 14.1. The Morgan fingerprint density at radius 3 is 2.62 bits per heavy atom. The van der Waals surface area contributed by atoms with Gasteiger partial charge in [0.25, 0.3) is 0 Å². The fraction of sp³-hybridized carbons (Fsp3) is 0.185. The second kappa shape index (κ2) is 7.18. The van der Waals surface area contributed by atoms with Crippen LogP contribution in [0.2, 0.25) is 0 Å². The molecule has 1 aromatic heterocycles. The van der Waals surface area contributed by atoms with E-state index >= 15 is 0 Å². The SMILES string of the molecule is CC(=O)[C@H]1[C@@H](C(=O)c2ccncc2)[C@]2(C(=O)Nc3ccccc32)[C@H]2C=Cc3cc(F)ccc3N12. The number of rotatable bonds is 3. The van der Waals surface area contributed by atoms with Gasteiger partial charge in [-0.05, 0) is 48.9 Å². The van der Waals surface area contributed by atoms with Crippen molar-refractivity contribution in [3.8, 4) is 0 Å². The molecule has 4 atom stereocenters. The van der Waals surface area contributed by atoms with Crippen molar-refractivity contribution in [3.05, 3.63) is 95.6 Å². The molecule has 2 aromatic carbocycles. The first kappa shape index (κ1) is 20.5. The summed E-state index contributed by atoms with van der Waals surface area (Å²) in [5, 5.41) is 2.96. The summed E-state index contributed by atoms with van der Waals surface area (Å²) in [6.07, 6.45) is 6.63. The minimum Gasteiger partial charge on any atom is -0.352 e. The molecule has 6 rings (SSSR count). The van der Waals surface area contributed by atoms with E-state index < -0.39 is 29.2 Å². The van der Waals surface area contributed by atoms with Gasteiger partial charge in [0.05, 0.1) is 18.0 Å². The van der Waals surface area contributed by atoms with Gasteiger partial charge < -0.3 is 10.2 Å². The highest BCUT2D eigenvalue weighted by molar-refractivity contribution is 6.16. The first-order chi connectivity index (χ1) is 16.4. The Morgan fingerprint density at radius 2 is 1.85 bits per heavy atom. The number of para-hydroxylation sites is 1. The van der Waals surface area contributed by atoms with Crippen LogP contribution in [0, 0.1) is 11.7 Å². The lowest BCUT2D eigenvalue weighted by atomic mass is 9.64. The number of nitrogens with one attached hydrogen (secondary N) is 1. The molecule has 0 bridgehead atoms. The zero-order chi connectivity index (χ0) is 23.6. The Bertz CT molecular complexity index is 1400. The third-order valence-electron chi connectivity index (χ3n) is 7.26. The molecule has 7 heteroatoms. The van der Waals surface area contributed by atoms with Gasteiger partial charge >= 0.3 is 0 Å².